The topological polar surface area (TPSA) is 45.3 Å². The number of unbranched alkanes of at least 4 members (excludes halogenated alkanes) is 1. The zero-order valence-electron chi connectivity index (χ0n) is 15.6. The van der Waals surface area contributed by atoms with Crippen LogP contribution in [0.2, 0.25) is 0 Å². The van der Waals surface area contributed by atoms with Crippen molar-refractivity contribution in [2.75, 3.05) is 18.8 Å². The fraction of sp³-hybridized carbons (Fsp3) is 0.579. The molecular formula is C19H29N2OS2Tc. The molecule has 0 heterocycles. The molecular weight excluding hydrogens is 434 g/mol. The molecule has 0 unspecified atom stereocenters. The van der Waals surface area contributed by atoms with Crippen LogP contribution >= 0.6 is 11.8 Å². The van der Waals surface area contributed by atoms with E-state index in [1.807, 2.05) is 56.0 Å². The molecule has 0 atom stereocenters. The normalized spacial score (nSPS) is 11.2. The Kier molecular flexibility index (Phi) is 12.8. The van der Waals surface area contributed by atoms with Crippen LogP contribution in [-0.2, 0) is 35.0 Å². The van der Waals surface area contributed by atoms with Gasteiger partial charge < -0.3 is 23.3 Å². The average Bonchev–Trinajstić information content (AvgIpc) is 2.57. The van der Waals surface area contributed by atoms with Gasteiger partial charge in [0.25, 0.3) is 0 Å². The fourth-order valence-corrected chi connectivity index (χ4v) is 2.99. The molecule has 0 saturated heterocycles. The Morgan fingerprint density at radius 3 is 2.12 bits per heavy atom. The van der Waals surface area contributed by atoms with Crippen LogP contribution in [0.15, 0.2) is 36.9 Å². The van der Waals surface area contributed by atoms with Gasteiger partial charge >= 0.3 is 22.4 Å². The van der Waals surface area contributed by atoms with Crippen molar-refractivity contribution < 1.29 is 22.4 Å². The first kappa shape index (κ1) is 24.7. The molecule has 0 saturated carbocycles. The van der Waals surface area contributed by atoms with E-state index in [0.29, 0.717) is 6.54 Å². The van der Waals surface area contributed by atoms with Crippen molar-refractivity contribution in [1.82, 2.24) is 0 Å². The maximum absolute atomic E-state index is 8.22. The van der Waals surface area contributed by atoms with Gasteiger partial charge in [0, 0.05) is 0 Å². The first-order valence-electron chi connectivity index (χ1n) is 8.28. The molecule has 25 heavy (non-hydrogen) atoms. The number of thioether (sulfide) groups is 1. The third-order valence-corrected chi connectivity index (χ3v) is 4.72. The summed E-state index contributed by atoms with van der Waals surface area (Å²) in [5.41, 5.74) is 1.91. The number of benzene rings is 1. The van der Waals surface area contributed by atoms with Gasteiger partial charge in [0.1, 0.15) is 0 Å². The minimum absolute atomic E-state index is 0.131. The van der Waals surface area contributed by atoms with Crippen molar-refractivity contribution in [1.29, 1.82) is 0 Å². The van der Waals surface area contributed by atoms with Gasteiger partial charge in [-0.25, -0.2) is 0 Å². The van der Waals surface area contributed by atoms with Gasteiger partial charge in [-0.15, -0.1) is 19.7 Å². The second-order valence-corrected chi connectivity index (χ2v) is 9.83. The zero-order chi connectivity index (χ0) is 19.3. The molecule has 1 aromatic rings. The van der Waals surface area contributed by atoms with Gasteiger partial charge in [-0.05, 0) is 23.3 Å². The van der Waals surface area contributed by atoms with E-state index in [-0.39, 0.29) is 9.49 Å². The second-order valence-electron chi connectivity index (χ2n) is 6.92. The summed E-state index contributed by atoms with van der Waals surface area (Å²) < 4.78 is 8.14. The summed E-state index contributed by atoms with van der Waals surface area (Å²) >= 11 is 8.26. The molecule has 0 aliphatic rings. The second kappa shape index (κ2) is 13.0. The summed E-state index contributed by atoms with van der Waals surface area (Å²) in [5.74, 6) is 1.14. The minimum atomic E-state index is -0.215. The summed E-state index contributed by atoms with van der Waals surface area (Å²) in [5, 5.41) is 9.46. The number of nitrogens with zero attached hydrogens (tertiary/aromatic N) is 2. The third kappa shape index (κ3) is 12.7. The van der Waals surface area contributed by atoms with E-state index in [0.717, 1.165) is 48.9 Å². The van der Waals surface area contributed by atoms with E-state index >= 15 is 0 Å². The van der Waals surface area contributed by atoms with E-state index in [1.165, 1.54) is 6.42 Å². The molecule has 0 aliphatic carbocycles. The Balaban J connectivity index is 0.00000277. The van der Waals surface area contributed by atoms with Crippen LogP contribution in [0.1, 0.15) is 40.5 Å². The van der Waals surface area contributed by atoms with Gasteiger partial charge in [-0.2, -0.15) is 27.9 Å². The van der Waals surface area contributed by atoms with E-state index in [9.17, 15) is 0 Å². The summed E-state index contributed by atoms with van der Waals surface area (Å²) in [6.45, 7) is 13.7. The fourth-order valence-electron chi connectivity index (χ4n) is 1.90. The van der Waals surface area contributed by atoms with Crippen molar-refractivity contribution in [3.05, 3.63) is 47.6 Å². The molecule has 0 aliphatic heterocycles. The molecule has 0 radical (unpaired) electrons. The summed E-state index contributed by atoms with van der Waals surface area (Å²) in [4.78, 5) is 0. The Bertz CT molecular complexity index is 504. The molecule has 1 rings (SSSR count). The van der Waals surface area contributed by atoms with Gasteiger partial charge in [0.15, 0.2) is 0 Å². The number of para-hydroxylation sites is 2. The van der Waals surface area contributed by atoms with Crippen LogP contribution in [0, 0.1) is 0 Å². The standard InChI is InChI=1S/C19H30N2S2.O.Tc/c1-6-7-10-13-23-19(4,5)15-21-17-12-9-8-11-16(17)20-14-18(2,3)22;;/h6,8-9,11-12,22H,1,7,10,13-15H2,2-5H3;;/q-2;;+3/p-1. The quantitative estimate of drug-likeness (QED) is 0.217. The average molecular weight is 464 g/mol. The van der Waals surface area contributed by atoms with Crippen molar-refractivity contribution in [2.24, 2.45) is 0 Å². The van der Waals surface area contributed by atoms with Crippen LogP contribution in [0.5, 0.6) is 0 Å². The van der Waals surface area contributed by atoms with Crippen molar-refractivity contribution in [2.45, 2.75) is 50.0 Å². The molecule has 140 valence electrons. The number of rotatable bonds is 11. The van der Waals surface area contributed by atoms with Crippen LogP contribution in [0.3, 0.4) is 0 Å². The van der Waals surface area contributed by atoms with Gasteiger partial charge in [0.2, 0.25) is 0 Å². The molecule has 1 aromatic carbocycles. The molecule has 0 bridgehead atoms. The van der Waals surface area contributed by atoms with E-state index in [4.69, 9.17) is 21.4 Å². The number of hydrogen-bond donors (Lipinski definition) is 0. The summed E-state index contributed by atoms with van der Waals surface area (Å²) in [7, 11) is 0. The Labute approximate surface area is 174 Å². The van der Waals surface area contributed by atoms with Crippen molar-refractivity contribution in [3.8, 4) is 0 Å². The Hall–Kier alpha value is -0.291. The van der Waals surface area contributed by atoms with Crippen LogP contribution in [0.4, 0.5) is 11.4 Å². The molecule has 0 fully saturated rings. The molecule has 6 heteroatoms. The van der Waals surface area contributed by atoms with Gasteiger partial charge in [0.05, 0.1) is 0 Å². The van der Waals surface area contributed by atoms with E-state index in [2.05, 4.69) is 25.7 Å². The van der Waals surface area contributed by atoms with E-state index < -0.39 is 0 Å². The van der Waals surface area contributed by atoms with Gasteiger partial charge in [-0.1, -0.05) is 58.0 Å². The Morgan fingerprint density at radius 1 is 1.12 bits per heavy atom. The number of hydrogen-bond acceptors (Lipinski definition) is 3. The van der Waals surface area contributed by atoms with Crippen LogP contribution in [0.25, 0.3) is 10.6 Å². The van der Waals surface area contributed by atoms with Crippen molar-refractivity contribution in [3.63, 3.8) is 0 Å². The van der Waals surface area contributed by atoms with Crippen LogP contribution in [-0.4, -0.2) is 28.3 Å². The van der Waals surface area contributed by atoms with Crippen molar-refractivity contribution >= 4 is 35.8 Å². The molecule has 0 N–H and O–H groups in total. The third-order valence-electron chi connectivity index (χ3n) is 3.19. The Morgan fingerprint density at radius 2 is 1.64 bits per heavy atom. The molecule has 0 spiro atoms. The molecule has 3 nitrogen and oxygen atoms in total. The first-order chi connectivity index (χ1) is 11.7. The zero-order valence-corrected chi connectivity index (χ0v) is 19.1. The monoisotopic (exact) mass is 462 g/mol. The van der Waals surface area contributed by atoms with Crippen LogP contribution < -0.4 is 0 Å². The van der Waals surface area contributed by atoms with E-state index in [1.54, 1.807) is 0 Å². The summed E-state index contributed by atoms with van der Waals surface area (Å²) in [6, 6.07) is 8.07. The molecule has 0 amide bonds. The summed E-state index contributed by atoms with van der Waals surface area (Å²) in [6.07, 6.45) is 4.24. The maximum atomic E-state index is 8.22. The number of allylic oxidation sites excluding steroid dienone is 1. The predicted octanol–water partition coefficient (Wildman–Crippen LogP) is 6.38. The SMILES string of the molecule is C=CCCCSC(C)(C)C[N-]c1ccccc1[N-]CC(C)(C)[S-].[O]=[Tc+3]. The van der Waals surface area contributed by atoms with Gasteiger partial charge in [-0.3, -0.25) is 0 Å². The molecule has 0 aromatic heterocycles. The first-order valence-corrected chi connectivity index (χ1v) is 10.4. The predicted molar refractivity (Wildman–Crippen MR) is 110 cm³/mol.